The number of benzene rings is 1. The second-order valence-corrected chi connectivity index (χ2v) is 5.40. The highest BCUT2D eigenvalue weighted by Crippen LogP contribution is 2.31. The zero-order valence-corrected chi connectivity index (χ0v) is 11.9. The lowest BCUT2D eigenvalue weighted by Gasteiger charge is -2.20. The third-order valence-electron chi connectivity index (χ3n) is 3.93. The number of rotatable bonds is 6. The number of hydrogen-bond donors (Lipinski definition) is 1. The molecule has 3 heteroatoms. The van der Waals surface area contributed by atoms with Crippen molar-refractivity contribution < 1.29 is 9.90 Å². The van der Waals surface area contributed by atoms with E-state index in [-0.39, 0.29) is 0 Å². The van der Waals surface area contributed by atoms with Crippen molar-refractivity contribution in [3.63, 3.8) is 0 Å². The Hall–Kier alpha value is -1.51. The van der Waals surface area contributed by atoms with Crippen LogP contribution in [0, 0.1) is 6.92 Å². The van der Waals surface area contributed by atoms with Crippen molar-refractivity contribution in [2.75, 3.05) is 18.0 Å². The molecule has 0 spiro atoms. The summed E-state index contributed by atoms with van der Waals surface area (Å²) in [7, 11) is 0. The number of aryl methyl sites for hydroxylation is 1. The zero-order valence-electron chi connectivity index (χ0n) is 11.9. The molecule has 0 saturated carbocycles. The normalized spacial score (nSPS) is 13.7. The first-order valence-electron chi connectivity index (χ1n) is 7.25. The Balaban J connectivity index is 2.08. The van der Waals surface area contributed by atoms with Gasteiger partial charge in [0.1, 0.15) is 0 Å². The fraction of sp³-hybridized carbons (Fsp3) is 0.562. The molecule has 0 bridgehead atoms. The van der Waals surface area contributed by atoms with E-state index in [0.29, 0.717) is 5.56 Å². The number of hydrogen-bond acceptors (Lipinski definition) is 2. The number of carboxylic acids is 1. The van der Waals surface area contributed by atoms with Crippen LogP contribution in [0.15, 0.2) is 12.1 Å². The Morgan fingerprint density at radius 1 is 1.32 bits per heavy atom. The Morgan fingerprint density at radius 3 is 2.79 bits per heavy atom. The summed E-state index contributed by atoms with van der Waals surface area (Å²) in [5.74, 6) is -0.818. The smallest absolute Gasteiger partial charge is 0.335 e. The van der Waals surface area contributed by atoms with Gasteiger partial charge in [0.15, 0.2) is 0 Å². The van der Waals surface area contributed by atoms with Crippen molar-refractivity contribution in [3.8, 4) is 0 Å². The highest BCUT2D eigenvalue weighted by Gasteiger charge is 2.21. The summed E-state index contributed by atoms with van der Waals surface area (Å²) >= 11 is 0. The van der Waals surface area contributed by atoms with Gasteiger partial charge >= 0.3 is 5.97 Å². The van der Waals surface area contributed by atoms with E-state index in [1.54, 1.807) is 0 Å². The van der Waals surface area contributed by atoms with E-state index in [4.69, 9.17) is 5.11 Å². The Morgan fingerprint density at radius 2 is 2.11 bits per heavy atom. The maximum atomic E-state index is 11.1. The van der Waals surface area contributed by atoms with Crippen molar-refractivity contribution in [3.05, 3.63) is 28.8 Å². The number of unbranched alkanes of at least 4 members (excludes halogenated alkanes) is 3. The van der Waals surface area contributed by atoms with Crippen LogP contribution >= 0.6 is 0 Å². The largest absolute Gasteiger partial charge is 0.478 e. The van der Waals surface area contributed by atoms with E-state index < -0.39 is 5.97 Å². The average molecular weight is 261 g/mol. The molecule has 1 heterocycles. The molecule has 1 aliphatic heterocycles. The van der Waals surface area contributed by atoms with Crippen LogP contribution in [0.25, 0.3) is 0 Å². The number of nitrogens with zero attached hydrogens (tertiary/aromatic N) is 1. The van der Waals surface area contributed by atoms with Crippen molar-refractivity contribution in [1.29, 1.82) is 0 Å². The highest BCUT2D eigenvalue weighted by molar-refractivity contribution is 5.90. The molecule has 0 aliphatic carbocycles. The van der Waals surface area contributed by atoms with E-state index in [1.165, 1.54) is 36.9 Å². The van der Waals surface area contributed by atoms with E-state index in [1.807, 2.05) is 19.1 Å². The van der Waals surface area contributed by atoms with Crippen LogP contribution in [0.5, 0.6) is 0 Å². The maximum Gasteiger partial charge on any atom is 0.335 e. The van der Waals surface area contributed by atoms with Crippen LogP contribution in [0.3, 0.4) is 0 Å². The van der Waals surface area contributed by atoms with Gasteiger partial charge in [0.05, 0.1) is 5.56 Å². The van der Waals surface area contributed by atoms with Gasteiger partial charge in [-0.1, -0.05) is 26.2 Å². The molecule has 19 heavy (non-hydrogen) atoms. The SMILES string of the molecule is CCCCCCN1CCc2cc(C(=O)O)c(C)cc21. The van der Waals surface area contributed by atoms with Crippen LogP contribution in [0.2, 0.25) is 0 Å². The summed E-state index contributed by atoms with van der Waals surface area (Å²) < 4.78 is 0. The number of carboxylic acid groups (broad SMARTS) is 1. The Labute approximate surface area is 115 Å². The zero-order chi connectivity index (χ0) is 13.8. The van der Waals surface area contributed by atoms with Crippen molar-refractivity contribution in [2.45, 2.75) is 46.0 Å². The van der Waals surface area contributed by atoms with E-state index in [0.717, 1.165) is 25.1 Å². The summed E-state index contributed by atoms with van der Waals surface area (Å²) in [6, 6.07) is 3.91. The molecular weight excluding hydrogens is 238 g/mol. The summed E-state index contributed by atoms with van der Waals surface area (Å²) in [4.78, 5) is 13.5. The van der Waals surface area contributed by atoms with Gasteiger partial charge in [0.25, 0.3) is 0 Å². The number of carbonyl (C=O) groups is 1. The molecule has 0 unspecified atom stereocenters. The van der Waals surface area contributed by atoms with Crippen LogP contribution in [0.4, 0.5) is 5.69 Å². The van der Waals surface area contributed by atoms with Gasteiger partial charge in [0, 0.05) is 18.8 Å². The first kappa shape index (κ1) is 13.9. The van der Waals surface area contributed by atoms with Crippen molar-refractivity contribution in [2.24, 2.45) is 0 Å². The van der Waals surface area contributed by atoms with Gasteiger partial charge in [-0.2, -0.15) is 0 Å². The molecule has 1 N–H and O–H groups in total. The predicted molar refractivity (Wildman–Crippen MR) is 78.2 cm³/mol. The molecule has 0 fully saturated rings. The quantitative estimate of drug-likeness (QED) is 0.795. The molecule has 0 saturated heterocycles. The minimum Gasteiger partial charge on any atom is -0.478 e. The third-order valence-corrected chi connectivity index (χ3v) is 3.93. The van der Waals surface area contributed by atoms with E-state index >= 15 is 0 Å². The number of anilines is 1. The van der Waals surface area contributed by atoms with Crippen molar-refractivity contribution in [1.82, 2.24) is 0 Å². The minimum atomic E-state index is -0.818. The Bertz CT molecular complexity index is 468. The minimum absolute atomic E-state index is 0.451. The summed E-state index contributed by atoms with van der Waals surface area (Å²) in [6.07, 6.45) is 6.06. The topological polar surface area (TPSA) is 40.5 Å². The van der Waals surface area contributed by atoms with E-state index in [2.05, 4.69) is 11.8 Å². The second-order valence-electron chi connectivity index (χ2n) is 5.40. The van der Waals surface area contributed by atoms with Crippen LogP contribution in [0.1, 0.15) is 54.1 Å². The molecule has 0 atom stereocenters. The molecule has 2 rings (SSSR count). The molecule has 1 aliphatic rings. The van der Waals surface area contributed by atoms with Gasteiger partial charge in [-0.25, -0.2) is 4.79 Å². The third kappa shape index (κ3) is 3.09. The molecule has 104 valence electrons. The predicted octanol–water partition coefficient (Wildman–Crippen LogP) is 3.64. The van der Waals surface area contributed by atoms with Crippen molar-refractivity contribution >= 4 is 11.7 Å². The van der Waals surface area contributed by atoms with Gasteiger partial charge in [0.2, 0.25) is 0 Å². The fourth-order valence-electron chi connectivity index (χ4n) is 2.80. The Kier molecular flexibility index (Phi) is 4.46. The fourth-order valence-corrected chi connectivity index (χ4v) is 2.80. The molecular formula is C16H23NO2. The lowest BCUT2D eigenvalue weighted by atomic mass is 10.0. The first-order valence-corrected chi connectivity index (χ1v) is 7.25. The molecule has 0 aromatic heterocycles. The monoisotopic (exact) mass is 261 g/mol. The molecule has 0 amide bonds. The van der Waals surface area contributed by atoms with E-state index in [9.17, 15) is 4.79 Å². The molecule has 3 nitrogen and oxygen atoms in total. The van der Waals surface area contributed by atoms with Gasteiger partial charge < -0.3 is 10.0 Å². The van der Waals surface area contributed by atoms with Gasteiger partial charge in [-0.05, 0) is 43.0 Å². The van der Waals surface area contributed by atoms with Crippen LogP contribution < -0.4 is 4.90 Å². The summed E-state index contributed by atoms with van der Waals surface area (Å²) in [6.45, 7) is 6.24. The lowest BCUT2D eigenvalue weighted by molar-refractivity contribution is 0.0696. The second kappa shape index (κ2) is 6.09. The molecule has 1 aromatic carbocycles. The summed E-state index contributed by atoms with van der Waals surface area (Å²) in [5, 5.41) is 9.15. The molecule has 1 aromatic rings. The van der Waals surface area contributed by atoms with Crippen LogP contribution in [-0.2, 0) is 6.42 Å². The standard InChI is InChI=1S/C16H23NO2/c1-3-4-5-6-8-17-9-7-13-11-14(16(18)19)12(2)10-15(13)17/h10-11H,3-9H2,1-2H3,(H,18,19). The molecule has 0 radical (unpaired) electrons. The highest BCUT2D eigenvalue weighted by atomic mass is 16.4. The maximum absolute atomic E-state index is 11.1. The lowest BCUT2D eigenvalue weighted by Crippen LogP contribution is -2.21. The average Bonchev–Trinajstić information content (AvgIpc) is 2.76. The number of fused-ring (bicyclic) bond motifs is 1. The van der Waals surface area contributed by atoms with Gasteiger partial charge in [-0.3, -0.25) is 0 Å². The summed E-state index contributed by atoms with van der Waals surface area (Å²) in [5.41, 5.74) is 3.76. The van der Waals surface area contributed by atoms with Gasteiger partial charge in [-0.15, -0.1) is 0 Å². The number of aromatic carboxylic acids is 1. The first-order chi connectivity index (χ1) is 9.13. The van der Waals surface area contributed by atoms with Crippen LogP contribution in [-0.4, -0.2) is 24.2 Å².